The Morgan fingerprint density at radius 3 is 2.38 bits per heavy atom. The summed E-state index contributed by atoms with van der Waals surface area (Å²) in [5.41, 5.74) is 0.908. The minimum absolute atomic E-state index is 0.908. The summed E-state index contributed by atoms with van der Waals surface area (Å²) in [4.78, 5) is 17.4. The Labute approximate surface area is 81.6 Å². The molecule has 13 heavy (non-hydrogen) atoms. The standard InChI is InChI=1S/C8H9O3PS/c9-12(10,13)11-7-6-8-4-2-1-3-5-8/h1-7H,(H2,9,10,13). The summed E-state index contributed by atoms with van der Waals surface area (Å²) in [6.07, 6.45) is 2.80. The largest absolute Gasteiger partial charge is 0.432 e. The van der Waals surface area contributed by atoms with Crippen LogP contribution in [0.1, 0.15) is 5.56 Å². The highest BCUT2D eigenvalue weighted by molar-refractivity contribution is 8.06. The van der Waals surface area contributed by atoms with Crippen molar-refractivity contribution in [3.63, 3.8) is 0 Å². The van der Waals surface area contributed by atoms with Crippen molar-refractivity contribution in [2.24, 2.45) is 0 Å². The van der Waals surface area contributed by atoms with Gasteiger partial charge in [-0.05, 0) is 11.6 Å². The van der Waals surface area contributed by atoms with E-state index in [1.54, 1.807) is 6.08 Å². The lowest BCUT2D eigenvalue weighted by Gasteiger charge is -2.03. The Morgan fingerprint density at radius 1 is 1.23 bits per heavy atom. The molecule has 1 aromatic carbocycles. The van der Waals surface area contributed by atoms with Crippen LogP contribution in [-0.4, -0.2) is 9.79 Å². The molecule has 1 rings (SSSR count). The van der Waals surface area contributed by atoms with Crippen molar-refractivity contribution in [1.29, 1.82) is 0 Å². The first kappa shape index (κ1) is 10.4. The minimum atomic E-state index is -3.56. The predicted octanol–water partition coefficient (Wildman–Crippen LogP) is 1.88. The molecule has 0 radical (unpaired) electrons. The molecule has 0 heterocycles. The zero-order valence-electron chi connectivity index (χ0n) is 6.70. The van der Waals surface area contributed by atoms with E-state index in [2.05, 4.69) is 16.3 Å². The van der Waals surface area contributed by atoms with Gasteiger partial charge in [0, 0.05) is 11.8 Å². The topological polar surface area (TPSA) is 49.7 Å². The van der Waals surface area contributed by atoms with Crippen LogP contribution in [0.2, 0.25) is 0 Å². The molecule has 0 spiro atoms. The van der Waals surface area contributed by atoms with Gasteiger partial charge in [-0.15, -0.1) is 0 Å². The van der Waals surface area contributed by atoms with E-state index in [9.17, 15) is 0 Å². The van der Waals surface area contributed by atoms with Crippen LogP contribution in [0.4, 0.5) is 0 Å². The zero-order valence-corrected chi connectivity index (χ0v) is 8.41. The second kappa shape index (κ2) is 4.53. The number of hydrogen-bond donors (Lipinski definition) is 2. The third kappa shape index (κ3) is 4.80. The van der Waals surface area contributed by atoms with E-state index >= 15 is 0 Å². The van der Waals surface area contributed by atoms with Crippen molar-refractivity contribution >= 4 is 24.6 Å². The van der Waals surface area contributed by atoms with Gasteiger partial charge in [0.15, 0.2) is 0 Å². The quantitative estimate of drug-likeness (QED) is 0.598. The summed E-state index contributed by atoms with van der Waals surface area (Å²) in [6, 6.07) is 9.35. The zero-order chi connectivity index (χ0) is 9.73. The Kier molecular flexibility index (Phi) is 3.63. The lowest BCUT2D eigenvalue weighted by atomic mass is 10.2. The van der Waals surface area contributed by atoms with Crippen molar-refractivity contribution in [2.75, 3.05) is 0 Å². The maximum Gasteiger partial charge on any atom is 0.374 e. The van der Waals surface area contributed by atoms with E-state index in [4.69, 9.17) is 9.79 Å². The van der Waals surface area contributed by atoms with E-state index in [1.165, 1.54) is 6.26 Å². The molecule has 0 aromatic heterocycles. The molecule has 0 aliphatic rings. The molecule has 0 unspecified atom stereocenters. The average molecular weight is 216 g/mol. The number of benzene rings is 1. The molecule has 70 valence electrons. The van der Waals surface area contributed by atoms with Crippen molar-refractivity contribution in [1.82, 2.24) is 0 Å². The molecule has 0 amide bonds. The first-order valence-corrected chi connectivity index (χ1v) is 6.16. The van der Waals surface area contributed by atoms with E-state index < -0.39 is 6.72 Å². The molecule has 5 heteroatoms. The fraction of sp³-hybridized carbons (Fsp3) is 0. The van der Waals surface area contributed by atoms with Crippen LogP contribution in [0.5, 0.6) is 0 Å². The smallest absolute Gasteiger partial charge is 0.374 e. The van der Waals surface area contributed by atoms with E-state index in [-0.39, 0.29) is 0 Å². The SMILES string of the molecule is OP(O)(=S)OC=Cc1ccccc1. The van der Waals surface area contributed by atoms with Gasteiger partial charge >= 0.3 is 6.72 Å². The van der Waals surface area contributed by atoms with E-state index in [0.29, 0.717) is 0 Å². The summed E-state index contributed by atoms with van der Waals surface area (Å²) >= 11 is 4.25. The van der Waals surface area contributed by atoms with Gasteiger partial charge in [0.05, 0.1) is 6.26 Å². The van der Waals surface area contributed by atoms with Gasteiger partial charge in [0.2, 0.25) is 0 Å². The van der Waals surface area contributed by atoms with E-state index in [1.807, 2.05) is 30.3 Å². The van der Waals surface area contributed by atoms with Crippen LogP contribution < -0.4 is 0 Å². The summed E-state index contributed by atoms with van der Waals surface area (Å²) in [5, 5.41) is 0. The number of hydrogen-bond acceptors (Lipinski definition) is 2. The Hall–Kier alpha value is -0.670. The molecule has 0 atom stereocenters. The predicted molar refractivity (Wildman–Crippen MR) is 55.3 cm³/mol. The summed E-state index contributed by atoms with van der Waals surface area (Å²) < 4.78 is 4.49. The Balaban J connectivity index is 2.56. The fourth-order valence-corrected chi connectivity index (χ4v) is 1.12. The molecule has 2 N–H and O–H groups in total. The van der Waals surface area contributed by atoms with Crippen molar-refractivity contribution in [3.8, 4) is 0 Å². The molecule has 1 aromatic rings. The second-order valence-corrected chi connectivity index (χ2v) is 4.93. The number of rotatable bonds is 3. The average Bonchev–Trinajstić information content (AvgIpc) is 2.04. The highest BCUT2D eigenvalue weighted by atomic mass is 32.5. The van der Waals surface area contributed by atoms with Crippen molar-refractivity contribution < 1.29 is 14.3 Å². The van der Waals surface area contributed by atoms with Crippen molar-refractivity contribution in [2.45, 2.75) is 0 Å². The molecule has 0 aliphatic heterocycles. The first-order chi connectivity index (χ1) is 6.08. The van der Waals surface area contributed by atoms with Gasteiger partial charge in [-0.1, -0.05) is 30.3 Å². The minimum Gasteiger partial charge on any atom is -0.432 e. The van der Waals surface area contributed by atoms with Gasteiger partial charge < -0.3 is 14.3 Å². The molecule has 0 aliphatic carbocycles. The Bertz CT molecular complexity index is 331. The lowest BCUT2D eigenvalue weighted by molar-refractivity contribution is 0.340. The maximum atomic E-state index is 8.70. The van der Waals surface area contributed by atoms with Gasteiger partial charge in [-0.2, -0.15) is 0 Å². The van der Waals surface area contributed by atoms with Crippen LogP contribution in [0.3, 0.4) is 0 Å². The van der Waals surface area contributed by atoms with Crippen LogP contribution in [-0.2, 0) is 16.3 Å². The first-order valence-electron chi connectivity index (χ1n) is 3.53. The monoisotopic (exact) mass is 216 g/mol. The molecule has 0 fully saturated rings. The van der Waals surface area contributed by atoms with Gasteiger partial charge in [-0.25, -0.2) is 0 Å². The van der Waals surface area contributed by atoms with Crippen LogP contribution in [0.25, 0.3) is 6.08 Å². The lowest BCUT2D eigenvalue weighted by Crippen LogP contribution is -1.77. The fourth-order valence-electron chi connectivity index (χ4n) is 0.752. The summed E-state index contributed by atoms with van der Waals surface area (Å²) in [6.45, 7) is -3.56. The second-order valence-electron chi connectivity index (χ2n) is 2.31. The highest BCUT2D eigenvalue weighted by Gasteiger charge is 2.03. The normalized spacial score (nSPS) is 11.8. The highest BCUT2D eigenvalue weighted by Crippen LogP contribution is 2.36. The van der Waals surface area contributed by atoms with E-state index in [0.717, 1.165) is 5.56 Å². The summed E-state index contributed by atoms with van der Waals surface area (Å²) in [5.74, 6) is 0. The molecule has 0 bridgehead atoms. The van der Waals surface area contributed by atoms with Gasteiger partial charge in [-0.3, -0.25) is 0 Å². The van der Waals surface area contributed by atoms with Gasteiger partial charge in [0.1, 0.15) is 0 Å². The van der Waals surface area contributed by atoms with Crippen LogP contribution in [0.15, 0.2) is 36.6 Å². The molecule has 0 saturated heterocycles. The molecular weight excluding hydrogens is 207 g/mol. The van der Waals surface area contributed by atoms with Crippen LogP contribution >= 0.6 is 6.72 Å². The third-order valence-corrected chi connectivity index (χ3v) is 1.91. The summed E-state index contributed by atoms with van der Waals surface area (Å²) in [7, 11) is 0. The molecule has 0 saturated carbocycles. The molecular formula is C8H9O3PS. The Morgan fingerprint density at radius 2 is 1.85 bits per heavy atom. The maximum absolute atomic E-state index is 8.70. The van der Waals surface area contributed by atoms with Gasteiger partial charge in [0.25, 0.3) is 0 Å². The third-order valence-electron chi connectivity index (χ3n) is 1.26. The van der Waals surface area contributed by atoms with Crippen molar-refractivity contribution in [3.05, 3.63) is 42.2 Å². The van der Waals surface area contributed by atoms with Crippen LogP contribution in [0, 0.1) is 0 Å². The molecule has 3 nitrogen and oxygen atoms in total.